The molecule has 1 aliphatic heterocycles. The van der Waals surface area contributed by atoms with Gasteiger partial charge in [-0.15, -0.1) is 0 Å². The van der Waals surface area contributed by atoms with E-state index in [1.165, 1.54) is 0 Å². The minimum atomic E-state index is -1.64. The molecule has 2 atom stereocenters. The second-order valence-corrected chi connectivity index (χ2v) is 6.45. The molecule has 2 unspecified atom stereocenters. The fraction of sp³-hybridized carbons (Fsp3) is 0.750. The van der Waals surface area contributed by atoms with Crippen molar-refractivity contribution in [3.63, 3.8) is 0 Å². The highest BCUT2D eigenvalue weighted by Gasteiger charge is 2.64. The van der Waals surface area contributed by atoms with Crippen molar-refractivity contribution in [1.82, 2.24) is 4.90 Å². The molecule has 0 amide bonds. The third-order valence-corrected chi connectivity index (χ3v) is 4.89. The number of rotatable bonds is 9. The van der Waals surface area contributed by atoms with E-state index in [4.69, 9.17) is 24.8 Å². The molecule has 10 heteroatoms. The van der Waals surface area contributed by atoms with Gasteiger partial charge in [0.05, 0.1) is 43.5 Å². The Morgan fingerprint density at radius 2 is 1.35 bits per heavy atom. The summed E-state index contributed by atoms with van der Waals surface area (Å²) in [5.41, 5.74) is 0. The van der Waals surface area contributed by atoms with Gasteiger partial charge in [-0.1, -0.05) is 0 Å². The molecule has 1 aliphatic carbocycles. The average molecular weight is 373 g/mol. The lowest BCUT2D eigenvalue weighted by Crippen LogP contribution is -2.60. The first kappa shape index (κ1) is 20.1. The fourth-order valence-corrected chi connectivity index (χ4v) is 3.49. The molecular weight excluding hydrogens is 350 g/mol. The monoisotopic (exact) mass is 373 g/mol. The van der Waals surface area contributed by atoms with Gasteiger partial charge >= 0.3 is 23.9 Å². The van der Waals surface area contributed by atoms with Crippen LogP contribution in [0.5, 0.6) is 0 Å². The topological polar surface area (TPSA) is 151 Å². The summed E-state index contributed by atoms with van der Waals surface area (Å²) < 4.78 is 10.3. The highest BCUT2D eigenvalue weighted by atomic mass is 16.5. The molecule has 1 heterocycles. The second-order valence-electron chi connectivity index (χ2n) is 6.45. The Morgan fingerprint density at radius 1 is 0.846 bits per heavy atom. The number of carbonyl (C=O) groups is 4. The predicted molar refractivity (Wildman–Crippen MR) is 84.3 cm³/mol. The molecule has 2 fully saturated rings. The summed E-state index contributed by atoms with van der Waals surface area (Å²) in [6.07, 6.45) is 1.31. The zero-order valence-electron chi connectivity index (χ0n) is 14.2. The number of carboxylic acids is 3. The van der Waals surface area contributed by atoms with E-state index in [-0.39, 0.29) is 6.61 Å². The standard InChI is InChI=1S/C16H23NO9/c18-13(19)9-10(14(20)21)12(11(9)15(22)23)16(24)26-6-2-1-3-17-4-7-25-8-5-17/h9-12H,1-8H2,(H,18,19)(H,20,21)(H,22,23). The van der Waals surface area contributed by atoms with Crippen molar-refractivity contribution >= 4 is 23.9 Å². The van der Waals surface area contributed by atoms with Crippen molar-refractivity contribution in [2.75, 3.05) is 39.5 Å². The molecule has 10 nitrogen and oxygen atoms in total. The van der Waals surface area contributed by atoms with Gasteiger partial charge in [-0.3, -0.25) is 24.1 Å². The van der Waals surface area contributed by atoms with E-state index in [1.807, 2.05) is 0 Å². The van der Waals surface area contributed by atoms with Crippen LogP contribution in [0.15, 0.2) is 0 Å². The molecule has 26 heavy (non-hydrogen) atoms. The Morgan fingerprint density at radius 3 is 1.85 bits per heavy atom. The molecule has 2 aliphatic rings. The van der Waals surface area contributed by atoms with Gasteiger partial charge in [-0.05, 0) is 19.4 Å². The van der Waals surface area contributed by atoms with Crippen LogP contribution in [0.4, 0.5) is 0 Å². The summed E-state index contributed by atoms with van der Waals surface area (Å²) in [7, 11) is 0. The smallest absolute Gasteiger partial charge is 0.310 e. The van der Waals surface area contributed by atoms with Gasteiger partial charge in [-0.2, -0.15) is 0 Å². The average Bonchev–Trinajstić information content (AvgIpc) is 2.53. The van der Waals surface area contributed by atoms with Crippen LogP contribution >= 0.6 is 0 Å². The lowest BCUT2D eigenvalue weighted by molar-refractivity contribution is -0.194. The summed E-state index contributed by atoms with van der Waals surface area (Å²) in [5.74, 6) is -11.8. The maximum absolute atomic E-state index is 12.1. The first-order chi connectivity index (χ1) is 12.3. The number of nitrogens with zero attached hydrogens (tertiary/aromatic N) is 1. The Labute approximate surface area is 149 Å². The van der Waals surface area contributed by atoms with Crippen molar-refractivity contribution < 1.29 is 44.0 Å². The van der Waals surface area contributed by atoms with E-state index in [2.05, 4.69) is 4.90 Å². The Balaban J connectivity index is 1.81. The van der Waals surface area contributed by atoms with Crippen LogP contribution in [0.3, 0.4) is 0 Å². The molecule has 0 spiro atoms. The zero-order valence-corrected chi connectivity index (χ0v) is 14.2. The normalized spacial score (nSPS) is 28.8. The number of carbonyl (C=O) groups excluding carboxylic acids is 1. The zero-order chi connectivity index (χ0) is 19.3. The first-order valence-corrected chi connectivity index (χ1v) is 8.49. The Kier molecular flexibility index (Phi) is 6.92. The van der Waals surface area contributed by atoms with Crippen LogP contribution in [0.25, 0.3) is 0 Å². The van der Waals surface area contributed by atoms with E-state index >= 15 is 0 Å². The highest BCUT2D eigenvalue weighted by Crippen LogP contribution is 2.47. The fourth-order valence-electron chi connectivity index (χ4n) is 3.49. The molecule has 3 N–H and O–H groups in total. The second kappa shape index (κ2) is 8.95. The van der Waals surface area contributed by atoms with Crippen molar-refractivity contribution in [1.29, 1.82) is 0 Å². The van der Waals surface area contributed by atoms with Gasteiger partial charge in [-0.25, -0.2) is 0 Å². The number of morpholine rings is 1. The summed E-state index contributed by atoms with van der Waals surface area (Å²) >= 11 is 0. The van der Waals surface area contributed by atoms with Crippen molar-refractivity contribution in [2.24, 2.45) is 23.7 Å². The molecule has 146 valence electrons. The molecule has 0 aromatic heterocycles. The van der Waals surface area contributed by atoms with Gasteiger partial charge in [0.1, 0.15) is 0 Å². The predicted octanol–water partition coefficient (Wildman–Crippen LogP) is -0.626. The summed E-state index contributed by atoms with van der Waals surface area (Å²) in [4.78, 5) is 48.0. The van der Waals surface area contributed by atoms with Crippen LogP contribution in [-0.2, 0) is 28.7 Å². The number of aliphatic carboxylic acids is 3. The van der Waals surface area contributed by atoms with Crippen LogP contribution in [0, 0.1) is 23.7 Å². The van der Waals surface area contributed by atoms with Gasteiger partial charge in [0, 0.05) is 13.1 Å². The number of unbranched alkanes of at least 4 members (excludes halogenated alkanes) is 1. The van der Waals surface area contributed by atoms with Crippen LogP contribution in [0.1, 0.15) is 12.8 Å². The van der Waals surface area contributed by atoms with Crippen LogP contribution in [-0.4, -0.2) is 83.6 Å². The van der Waals surface area contributed by atoms with Crippen LogP contribution in [0.2, 0.25) is 0 Å². The van der Waals surface area contributed by atoms with E-state index in [9.17, 15) is 19.2 Å². The van der Waals surface area contributed by atoms with Gasteiger partial charge in [0.2, 0.25) is 0 Å². The van der Waals surface area contributed by atoms with Gasteiger partial charge < -0.3 is 24.8 Å². The van der Waals surface area contributed by atoms with E-state index in [0.29, 0.717) is 19.6 Å². The lowest BCUT2D eigenvalue weighted by atomic mass is 9.56. The molecular formula is C16H23NO9. The lowest BCUT2D eigenvalue weighted by Gasteiger charge is -2.43. The molecule has 1 saturated heterocycles. The van der Waals surface area contributed by atoms with E-state index in [0.717, 1.165) is 26.1 Å². The SMILES string of the molecule is O=C(O)C1C(C(=O)O)C(C(=O)OCCCCN2CCOCC2)C1C(=O)O. The Bertz CT molecular complexity index is 536. The third-order valence-electron chi connectivity index (χ3n) is 4.89. The molecule has 2 rings (SSSR count). The summed E-state index contributed by atoms with van der Waals surface area (Å²) in [6, 6.07) is 0. The van der Waals surface area contributed by atoms with Gasteiger partial charge in [0.15, 0.2) is 0 Å². The number of carboxylic acid groups (broad SMARTS) is 3. The number of esters is 1. The maximum Gasteiger partial charge on any atom is 0.310 e. The minimum Gasteiger partial charge on any atom is -0.481 e. The van der Waals surface area contributed by atoms with Gasteiger partial charge in [0.25, 0.3) is 0 Å². The molecule has 0 aromatic carbocycles. The molecule has 0 radical (unpaired) electrons. The quantitative estimate of drug-likeness (QED) is 0.352. The van der Waals surface area contributed by atoms with Crippen molar-refractivity contribution in [3.8, 4) is 0 Å². The van der Waals surface area contributed by atoms with E-state index < -0.39 is 47.5 Å². The Hall–Kier alpha value is -2.20. The van der Waals surface area contributed by atoms with Crippen molar-refractivity contribution in [2.45, 2.75) is 12.8 Å². The first-order valence-electron chi connectivity index (χ1n) is 8.49. The number of hydrogen-bond acceptors (Lipinski definition) is 7. The molecule has 0 aromatic rings. The number of ether oxygens (including phenoxy) is 2. The third kappa shape index (κ3) is 4.50. The summed E-state index contributed by atoms with van der Waals surface area (Å²) in [5, 5.41) is 27.3. The van der Waals surface area contributed by atoms with E-state index in [1.54, 1.807) is 0 Å². The molecule has 1 saturated carbocycles. The largest absolute Gasteiger partial charge is 0.481 e. The maximum atomic E-state index is 12.1. The highest BCUT2D eigenvalue weighted by molar-refractivity contribution is 5.96. The van der Waals surface area contributed by atoms with Crippen LogP contribution < -0.4 is 0 Å². The van der Waals surface area contributed by atoms with Crippen molar-refractivity contribution in [3.05, 3.63) is 0 Å². The minimum absolute atomic E-state index is 0.0378. The summed E-state index contributed by atoms with van der Waals surface area (Å²) in [6.45, 7) is 3.93. The number of hydrogen-bond donors (Lipinski definition) is 3. The molecule has 0 bridgehead atoms.